The van der Waals surface area contributed by atoms with Gasteiger partial charge in [0.25, 0.3) is 0 Å². The number of thiazole rings is 1. The van der Waals surface area contributed by atoms with Crippen LogP contribution < -0.4 is 0 Å². The van der Waals surface area contributed by atoms with E-state index in [9.17, 15) is 18.0 Å². The minimum Gasteiger partial charge on any atom is -0.472 e. The molecule has 0 aromatic carbocycles. The lowest BCUT2D eigenvalue weighted by atomic mass is 10.1. The van der Waals surface area contributed by atoms with Crippen LogP contribution in [0.25, 0.3) is 10.6 Å². The first-order valence-electron chi connectivity index (χ1n) is 6.32. The molecule has 112 valence electrons. The van der Waals surface area contributed by atoms with Gasteiger partial charge in [-0.15, -0.1) is 11.3 Å². The molecular formula is C13H11F3N2O2S. The van der Waals surface area contributed by atoms with Crippen molar-refractivity contribution in [2.75, 3.05) is 6.54 Å². The van der Waals surface area contributed by atoms with Crippen molar-refractivity contribution < 1.29 is 22.4 Å². The van der Waals surface area contributed by atoms with E-state index in [4.69, 9.17) is 4.42 Å². The number of halogens is 3. The highest BCUT2D eigenvalue weighted by Gasteiger charge is 2.46. The van der Waals surface area contributed by atoms with Crippen LogP contribution in [0, 0.1) is 0 Å². The van der Waals surface area contributed by atoms with Crippen molar-refractivity contribution in [2.24, 2.45) is 0 Å². The molecule has 0 spiro atoms. The molecule has 0 N–H and O–H groups in total. The van der Waals surface area contributed by atoms with Crippen LogP contribution in [0.3, 0.4) is 0 Å². The first kappa shape index (κ1) is 14.1. The second kappa shape index (κ2) is 5.18. The summed E-state index contributed by atoms with van der Waals surface area (Å²) < 4.78 is 42.8. The van der Waals surface area contributed by atoms with Crippen LogP contribution in [0.5, 0.6) is 0 Å². The van der Waals surface area contributed by atoms with E-state index < -0.39 is 18.1 Å². The van der Waals surface area contributed by atoms with Gasteiger partial charge < -0.3 is 9.32 Å². The molecule has 0 aliphatic carbocycles. The molecule has 2 aromatic heterocycles. The number of carbonyl (C=O) groups is 1. The molecule has 0 saturated carbocycles. The third-order valence-corrected chi connectivity index (χ3v) is 4.30. The summed E-state index contributed by atoms with van der Waals surface area (Å²) >= 11 is 1.33. The van der Waals surface area contributed by atoms with E-state index in [0.29, 0.717) is 23.5 Å². The Morgan fingerprint density at radius 2 is 2.29 bits per heavy atom. The molecule has 3 heterocycles. The van der Waals surface area contributed by atoms with Crippen molar-refractivity contribution in [1.29, 1.82) is 0 Å². The summed E-state index contributed by atoms with van der Waals surface area (Å²) in [7, 11) is 0. The summed E-state index contributed by atoms with van der Waals surface area (Å²) in [5, 5.41) is 2.37. The molecule has 4 nitrogen and oxygen atoms in total. The standard InChI is InChI=1S/C13H11F3N2O2S/c14-13(15,16)12(19)18-4-1-2-10(18)9-7-21-11(17-9)8-3-5-20-6-8/h3,5-7,10H,1-2,4H2. The summed E-state index contributed by atoms with van der Waals surface area (Å²) in [6.45, 7) is 0.113. The van der Waals surface area contributed by atoms with Gasteiger partial charge in [-0.3, -0.25) is 4.79 Å². The zero-order valence-corrected chi connectivity index (χ0v) is 11.6. The van der Waals surface area contributed by atoms with Gasteiger partial charge in [0.1, 0.15) is 11.3 Å². The maximum atomic E-state index is 12.6. The van der Waals surface area contributed by atoms with Crippen molar-refractivity contribution in [3.05, 3.63) is 29.7 Å². The minimum absolute atomic E-state index is 0.113. The van der Waals surface area contributed by atoms with E-state index in [1.807, 2.05) is 0 Å². The van der Waals surface area contributed by atoms with Crippen LogP contribution in [-0.2, 0) is 4.79 Å². The smallest absolute Gasteiger partial charge is 0.471 e. The number of aromatic nitrogens is 1. The summed E-state index contributed by atoms with van der Waals surface area (Å²) in [4.78, 5) is 16.7. The fraction of sp³-hybridized carbons (Fsp3) is 0.385. The van der Waals surface area contributed by atoms with Gasteiger partial charge in [-0.2, -0.15) is 13.2 Å². The average molecular weight is 316 g/mol. The minimum atomic E-state index is -4.84. The highest BCUT2D eigenvalue weighted by atomic mass is 32.1. The Hall–Kier alpha value is -1.83. The third-order valence-electron chi connectivity index (χ3n) is 3.39. The number of rotatable bonds is 2. The van der Waals surface area contributed by atoms with Crippen LogP contribution in [0.2, 0.25) is 0 Å². The molecule has 1 atom stereocenters. The lowest BCUT2D eigenvalue weighted by Crippen LogP contribution is -2.40. The zero-order chi connectivity index (χ0) is 15.0. The Morgan fingerprint density at radius 3 is 2.95 bits per heavy atom. The van der Waals surface area contributed by atoms with E-state index in [1.165, 1.54) is 23.9 Å². The molecule has 0 radical (unpaired) electrons. The first-order valence-corrected chi connectivity index (χ1v) is 7.20. The van der Waals surface area contributed by atoms with Crippen LogP contribution in [0.4, 0.5) is 13.2 Å². The quantitative estimate of drug-likeness (QED) is 0.850. The summed E-state index contributed by atoms with van der Waals surface area (Å²) in [6, 6.07) is 1.13. The van der Waals surface area contributed by atoms with Gasteiger partial charge in [0.2, 0.25) is 0 Å². The number of alkyl halides is 3. The maximum absolute atomic E-state index is 12.6. The van der Waals surface area contributed by atoms with Crippen molar-refractivity contribution in [2.45, 2.75) is 25.1 Å². The predicted molar refractivity (Wildman–Crippen MR) is 69.6 cm³/mol. The van der Waals surface area contributed by atoms with Crippen molar-refractivity contribution >= 4 is 17.2 Å². The van der Waals surface area contributed by atoms with E-state index in [2.05, 4.69) is 4.98 Å². The SMILES string of the molecule is O=C(N1CCCC1c1csc(-c2ccoc2)n1)C(F)(F)F. The van der Waals surface area contributed by atoms with Gasteiger partial charge in [-0.25, -0.2) is 4.98 Å². The Bertz CT molecular complexity index is 636. The average Bonchev–Trinajstić information content (AvgIpc) is 3.16. The van der Waals surface area contributed by atoms with Gasteiger partial charge in [0.15, 0.2) is 0 Å². The second-order valence-electron chi connectivity index (χ2n) is 4.74. The Labute approximate surface area is 122 Å². The van der Waals surface area contributed by atoms with Crippen molar-refractivity contribution in [3.63, 3.8) is 0 Å². The molecule has 1 fully saturated rings. The fourth-order valence-corrected chi connectivity index (χ4v) is 3.29. The normalized spacial score (nSPS) is 19.2. The molecule has 1 aliphatic heterocycles. The molecule has 8 heteroatoms. The Kier molecular flexibility index (Phi) is 3.48. The van der Waals surface area contributed by atoms with Crippen LogP contribution in [0.15, 0.2) is 28.4 Å². The molecule has 1 unspecified atom stereocenters. The Balaban J connectivity index is 1.84. The van der Waals surface area contributed by atoms with Gasteiger partial charge in [0.05, 0.1) is 18.0 Å². The number of likely N-dealkylation sites (tertiary alicyclic amines) is 1. The predicted octanol–water partition coefficient (Wildman–Crippen LogP) is 3.63. The van der Waals surface area contributed by atoms with E-state index >= 15 is 0 Å². The molecule has 3 rings (SSSR count). The molecular weight excluding hydrogens is 305 g/mol. The Morgan fingerprint density at radius 1 is 1.48 bits per heavy atom. The first-order chi connectivity index (χ1) is 9.97. The third kappa shape index (κ3) is 2.67. The number of amides is 1. The van der Waals surface area contributed by atoms with Gasteiger partial charge >= 0.3 is 12.1 Å². The highest BCUT2D eigenvalue weighted by Crippen LogP contribution is 2.37. The monoisotopic (exact) mass is 316 g/mol. The second-order valence-corrected chi connectivity index (χ2v) is 5.60. The van der Waals surface area contributed by atoms with E-state index in [0.717, 1.165) is 10.5 Å². The van der Waals surface area contributed by atoms with Gasteiger partial charge in [-0.1, -0.05) is 0 Å². The highest BCUT2D eigenvalue weighted by molar-refractivity contribution is 7.13. The molecule has 2 aromatic rings. The summed E-state index contributed by atoms with van der Waals surface area (Å²) in [5.74, 6) is -1.79. The fourth-order valence-electron chi connectivity index (χ4n) is 2.44. The molecule has 1 saturated heterocycles. The number of hydrogen-bond acceptors (Lipinski definition) is 4. The zero-order valence-electron chi connectivity index (χ0n) is 10.8. The van der Waals surface area contributed by atoms with Crippen molar-refractivity contribution in [3.8, 4) is 10.6 Å². The molecule has 21 heavy (non-hydrogen) atoms. The molecule has 1 aliphatic rings. The largest absolute Gasteiger partial charge is 0.472 e. The van der Waals surface area contributed by atoms with Crippen LogP contribution in [-0.4, -0.2) is 28.5 Å². The number of hydrogen-bond donors (Lipinski definition) is 0. The molecule has 0 bridgehead atoms. The number of nitrogens with zero attached hydrogens (tertiary/aromatic N) is 2. The van der Waals surface area contributed by atoms with Gasteiger partial charge in [0, 0.05) is 17.5 Å². The molecule has 1 amide bonds. The summed E-state index contributed by atoms with van der Waals surface area (Å²) in [6.07, 6.45) is -0.769. The lowest BCUT2D eigenvalue weighted by Gasteiger charge is -2.24. The van der Waals surface area contributed by atoms with E-state index in [1.54, 1.807) is 11.4 Å². The van der Waals surface area contributed by atoms with Gasteiger partial charge in [-0.05, 0) is 18.9 Å². The topological polar surface area (TPSA) is 46.3 Å². The lowest BCUT2D eigenvalue weighted by molar-refractivity contribution is -0.186. The van der Waals surface area contributed by atoms with E-state index in [-0.39, 0.29) is 6.54 Å². The van der Waals surface area contributed by atoms with Crippen LogP contribution in [0.1, 0.15) is 24.6 Å². The van der Waals surface area contributed by atoms with Crippen LogP contribution >= 0.6 is 11.3 Å². The van der Waals surface area contributed by atoms with Crippen molar-refractivity contribution in [1.82, 2.24) is 9.88 Å². The summed E-state index contributed by atoms with van der Waals surface area (Å²) in [5.41, 5.74) is 1.28. The number of carbonyl (C=O) groups excluding carboxylic acids is 1. The maximum Gasteiger partial charge on any atom is 0.471 e. The number of furan rings is 1.